The van der Waals surface area contributed by atoms with Gasteiger partial charge in [-0.3, -0.25) is 4.79 Å². The van der Waals surface area contributed by atoms with E-state index in [1.165, 1.54) is 43.7 Å². The van der Waals surface area contributed by atoms with Crippen LogP contribution in [0.2, 0.25) is 0 Å². The number of nitrogens with zero attached hydrogens (tertiary/aromatic N) is 1. The number of aliphatic hydroxyl groups excluding tert-OH is 1. The van der Waals surface area contributed by atoms with Crippen LogP contribution >= 0.6 is 0 Å². The van der Waals surface area contributed by atoms with E-state index in [4.69, 9.17) is 9.84 Å². The minimum Gasteiger partial charge on any atom is -0.504 e. The number of phenolic OH excluding ortho intramolecular Hbond substituents is 1. The van der Waals surface area contributed by atoms with Crippen molar-refractivity contribution in [1.29, 1.82) is 0 Å². The molecule has 0 aromatic heterocycles. The number of amides is 1. The molecule has 0 aliphatic heterocycles. The molecule has 0 aliphatic carbocycles. The van der Waals surface area contributed by atoms with E-state index in [0.29, 0.717) is 5.56 Å². The van der Waals surface area contributed by atoms with Crippen molar-refractivity contribution in [3.05, 3.63) is 59.4 Å². The Morgan fingerprint density at radius 1 is 1.26 bits per heavy atom. The summed E-state index contributed by atoms with van der Waals surface area (Å²) in [6.07, 6.45) is 1.33. The first kappa shape index (κ1) is 18.1. The first-order valence-corrected chi connectivity index (χ1v) is 6.51. The van der Waals surface area contributed by atoms with Crippen LogP contribution in [0.4, 0.5) is 4.39 Å². The lowest BCUT2D eigenvalue weighted by atomic mass is 10.2. The summed E-state index contributed by atoms with van der Waals surface area (Å²) in [5.41, 5.74) is 3.11. The summed E-state index contributed by atoms with van der Waals surface area (Å²) >= 11 is 0. The second-order valence-electron chi connectivity index (χ2n) is 4.14. The lowest BCUT2D eigenvalue weighted by Gasteiger charge is -2.05. The van der Waals surface area contributed by atoms with Gasteiger partial charge >= 0.3 is 0 Å². The molecule has 1 amide bonds. The van der Waals surface area contributed by atoms with Gasteiger partial charge < -0.3 is 14.9 Å². The monoisotopic (exact) mass is 320 g/mol. The highest BCUT2D eigenvalue weighted by atomic mass is 19.1. The molecule has 0 aliphatic rings. The van der Waals surface area contributed by atoms with E-state index in [1.807, 2.05) is 0 Å². The summed E-state index contributed by atoms with van der Waals surface area (Å²) in [6, 6.07) is 9.99. The molecule has 2 aromatic carbocycles. The molecule has 0 saturated carbocycles. The first-order valence-electron chi connectivity index (χ1n) is 6.51. The molecule has 7 heteroatoms. The number of carbonyl (C=O) groups excluding carboxylic acids is 1. The van der Waals surface area contributed by atoms with Gasteiger partial charge in [0.25, 0.3) is 5.91 Å². The Labute approximate surface area is 132 Å². The fourth-order valence-electron chi connectivity index (χ4n) is 1.64. The molecule has 0 radical (unpaired) electrons. The quantitative estimate of drug-likeness (QED) is 0.593. The van der Waals surface area contributed by atoms with E-state index in [0.717, 1.165) is 7.11 Å². The zero-order chi connectivity index (χ0) is 17.2. The average Bonchev–Trinajstić information content (AvgIpc) is 2.57. The molecule has 0 unspecified atom stereocenters. The summed E-state index contributed by atoms with van der Waals surface area (Å²) in [4.78, 5) is 11.8. The Balaban J connectivity index is 0.00000127. The van der Waals surface area contributed by atoms with E-state index in [2.05, 4.69) is 10.5 Å². The third-order valence-electron chi connectivity index (χ3n) is 2.67. The highest BCUT2D eigenvalue weighted by molar-refractivity contribution is 5.95. The molecule has 2 rings (SSSR count). The average molecular weight is 320 g/mol. The van der Waals surface area contributed by atoms with Crippen LogP contribution in [0.5, 0.6) is 11.5 Å². The van der Waals surface area contributed by atoms with Crippen LogP contribution in [0, 0.1) is 5.82 Å². The minimum absolute atomic E-state index is 0.0580. The summed E-state index contributed by atoms with van der Waals surface area (Å²) in [5, 5.41) is 20.2. The predicted molar refractivity (Wildman–Crippen MR) is 84.3 cm³/mol. The molecular weight excluding hydrogens is 303 g/mol. The zero-order valence-corrected chi connectivity index (χ0v) is 12.7. The van der Waals surface area contributed by atoms with E-state index in [1.54, 1.807) is 12.1 Å². The van der Waals surface area contributed by atoms with Gasteiger partial charge in [-0.2, -0.15) is 5.10 Å². The maximum absolute atomic E-state index is 13.0. The van der Waals surface area contributed by atoms with Gasteiger partial charge in [0, 0.05) is 12.7 Å². The van der Waals surface area contributed by atoms with Gasteiger partial charge in [-0.1, -0.05) is 12.1 Å². The number of carbonyl (C=O) groups is 1. The number of nitrogens with one attached hydrogen (secondary N) is 1. The largest absolute Gasteiger partial charge is 0.504 e. The number of aliphatic hydroxyl groups is 1. The smallest absolute Gasteiger partial charge is 0.271 e. The van der Waals surface area contributed by atoms with Gasteiger partial charge in [-0.15, -0.1) is 0 Å². The molecule has 23 heavy (non-hydrogen) atoms. The highest BCUT2D eigenvalue weighted by Crippen LogP contribution is 2.26. The minimum atomic E-state index is -0.471. The van der Waals surface area contributed by atoms with Crippen molar-refractivity contribution in [2.45, 2.75) is 0 Å². The number of rotatable bonds is 4. The highest BCUT2D eigenvalue weighted by Gasteiger charge is 2.08. The number of ether oxygens (including phenoxy) is 1. The van der Waals surface area contributed by atoms with Crippen LogP contribution in [-0.2, 0) is 0 Å². The fraction of sp³-hybridized carbons (Fsp3) is 0.125. The molecular formula is C16H17FN2O4. The second-order valence-corrected chi connectivity index (χ2v) is 4.14. The molecule has 0 saturated heterocycles. The topological polar surface area (TPSA) is 91.2 Å². The summed E-state index contributed by atoms with van der Waals surface area (Å²) in [6.45, 7) is 0. The van der Waals surface area contributed by atoms with E-state index >= 15 is 0 Å². The maximum atomic E-state index is 13.0. The summed E-state index contributed by atoms with van der Waals surface area (Å²) in [5.74, 6) is -0.719. The number of aromatic hydroxyl groups is 1. The van der Waals surface area contributed by atoms with Crippen LogP contribution in [0.3, 0.4) is 0 Å². The van der Waals surface area contributed by atoms with Crippen LogP contribution in [0.25, 0.3) is 0 Å². The van der Waals surface area contributed by atoms with E-state index < -0.39 is 5.91 Å². The number of hydrazone groups is 1. The molecule has 0 bridgehead atoms. The fourth-order valence-corrected chi connectivity index (χ4v) is 1.64. The van der Waals surface area contributed by atoms with Crippen molar-refractivity contribution in [3.63, 3.8) is 0 Å². The molecule has 3 N–H and O–H groups in total. The molecule has 2 aromatic rings. The number of methoxy groups -OCH3 is 1. The van der Waals surface area contributed by atoms with Crippen LogP contribution in [0.1, 0.15) is 15.9 Å². The Morgan fingerprint density at radius 2 is 2.00 bits per heavy atom. The third-order valence-corrected chi connectivity index (χ3v) is 2.67. The van der Waals surface area contributed by atoms with Gasteiger partial charge in [-0.05, 0) is 35.9 Å². The van der Waals surface area contributed by atoms with E-state index in [9.17, 15) is 14.3 Å². The number of phenols is 1. The summed E-state index contributed by atoms with van der Waals surface area (Å²) < 4.78 is 17.9. The number of halogens is 1. The van der Waals surface area contributed by atoms with Gasteiger partial charge in [-0.25, -0.2) is 9.82 Å². The molecule has 0 heterocycles. The van der Waals surface area contributed by atoms with Crippen LogP contribution in [0.15, 0.2) is 47.6 Å². The Morgan fingerprint density at radius 3 is 2.65 bits per heavy atom. The Bertz CT molecular complexity index is 690. The standard InChI is InChI=1S/C15H13FN2O3.CH4O/c1-21-14-8-11(5-6-13(14)19)15(20)18-17-9-10-3-2-4-12(16)7-10;1-2/h2-9,19H,1H3,(H,18,20);2H,1H3/b17-9+;. The van der Waals surface area contributed by atoms with Gasteiger partial charge in [0.05, 0.1) is 13.3 Å². The second kappa shape index (κ2) is 9.16. The Hall–Kier alpha value is -2.93. The van der Waals surface area contributed by atoms with E-state index in [-0.39, 0.29) is 22.9 Å². The number of hydrogen-bond donors (Lipinski definition) is 3. The SMILES string of the molecule is CO.COc1cc(C(=O)N/N=C/c2cccc(F)c2)ccc1O. The van der Waals surface area contributed by atoms with Gasteiger partial charge in [0.15, 0.2) is 11.5 Å². The molecule has 0 fully saturated rings. The van der Waals surface area contributed by atoms with Gasteiger partial charge in [0.2, 0.25) is 0 Å². The maximum Gasteiger partial charge on any atom is 0.271 e. The van der Waals surface area contributed by atoms with Crippen LogP contribution in [-0.4, -0.2) is 36.6 Å². The Kier molecular flexibility index (Phi) is 7.22. The normalized spacial score (nSPS) is 9.91. The molecule has 6 nitrogen and oxygen atoms in total. The summed E-state index contributed by atoms with van der Waals surface area (Å²) in [7, 11) is 2.39. The number of benzene rings is 2. The van der Waals surface area contributed by atoms with Crippen molar-refractivity contribution in [1.82, 2.24) is 5.43 Å². The van der Waals surface area contributed by atoms with Crippen molar-refractivity contribution in [2.24, 2.45) is 5.10 Å². The molecule has 0 spiro atoms. The van der Waals surface area contributed by atoms with Gasteiger partial charge in [0.1, 0.15) is 5.82 Å². The lowest BCUT2D eigenvalue weighted by molar-refractivity contribution is 0.0954. The lowest BCUT2D eigenvalue weighted by Crippen LogP contribution is -2.17. The predicted octanol–water partition coefficient (Wildman–Crippen LogP) is 1.91. The van der Waals surface area contributed by atoms with Crippen molar-refractivity contribution in [2.75, 3.05) is 14.2 Å². The first-order chi connectivity index (χ1) is 11.1. The third kappa shape index (κ3) is 5.40. The molecule has 122 valence electrons. The molecule has 0 atom stereocenters. The van der Waals surface area contributed by atoms with Crippen molar-refractivity contribution < 1.29 is 24.1 Å². The van der Waals surface area contributed by atoms with Crippen molar-refractivity contribution >= 4 is 12.1 Å². The van der Waals surface area contributed by atoms with Crippen LogP contribution < -0.4 is 10.2 Å². The number of hydrogen-bond acceptors (Lipinski definition) is 5. The zero-order valence-electron chi connectivity index (χ0n) is 12.7. The van der Waals surface area contributed by atoms with Crippen molar-refractivity contribution in [3.8, 4) is 11.5 Å².